The van der Waals surface area contributed by atoms with E-state index >= 15 is 0 Å². The average molecular weight is 551 g/mol. The molecule has 0 spiro atoms. The molecule has 3 aromatic rings. The van der Waals surface area contributed by atoms with Crippen LogP contribution in [-0.2, 0) is 16.1 Å². The lowest BCUT2D eigenvalue weighted by Gasteiger charge is -2.60. The van der Waals surface area contributed by atoms with Crippen molar-refractivity contribution < 1.29 is 19.5 Å². The van der Waals surface area contributed by atoms with E-state index in [-0.39, 0.29) is 23.3 Å². The Bertz CT molecular complexity index is 1350. The Morgan fingerprint density at radius 2 is 1.24 bits per heavy atom. The summed E-state index contributed by atoms with van der Waals surface area (Å²) in [6.45, 7) is 0.950. The second-order valence-electron chi connectivity index (χ2n) is 12.6. The minimum absolute atomic E-state index is 0.0410. The molecule has 2 amide bonds. The van der Waals surface area contributed by atoms with Gasteiger partial charge in [-0.25, -0.2) is 4.79 Å². The number of carboxylic acid groups (broad SMARTS) is 1. The van der Waals surface area contributed by atoms with E-state index in [1.54, 1.807) is 24.3 Å². The second kappa shape index (κ2) is 11.2. The molecule has 4 saturated carbocycles. The topological polar surface area (TPSA) is 95.5 Å². The summed E-state index contributed by atoms with van der Waals surface area (Å²) in [5.74, 6) is 0.212. The number of aromatic carboxylic acids is 1. The van der Waals surface area contributed by atoms with Gasteiger partial charge in [-0.15, -0.1) is 0 Å². The summed E-state index contributed by atoms with van der Waals surface area (Å²) in [6.07, 6.45) is 6.01. The molecule has 2 unspecified atom stereocenters. The summed E-state index contributed by atoms with van der Waals surface area (Å²) in [4.78, 5) is 38.7. The number of hydrogen-bond donors (Lipinski definition) is 3. The Hall–Kier alpha value is -3.93. The van der Waals surface area contributed by atoms with Crippen molar-refractivity contribution in [1.29, 1.82) is 0 Å². The second-order valence-corrected chi connectivity index (χ2v) is 12.6. The van der Waals surface area contributed by atoms with E-state index in [2.05, 4.69) is 59.2 Å². The molecule has 6 nitrogen and oxygen atoms in total. The quantitative estimate of drug-likeness (QED) is 0.292. The van der Waals surface area contributed by atoms with Crippen LogP contribution in [0.2, 0.25) is 0 Å². The number of rotatable bonds is 10. The van der Waals surface area contributed by atoms with Crippen LogP contribution in [0.4, 0.5) is 0 Å². The Morgan fingerprint density at radius 1 is 0.732 bits per heavy atom. The lowest BCUT2D eigenvalue weighted by molar-refractivity contribution is -0.167. The molecular formula is C35H38N2O4. The minimum Gasteiger partial charge on any atom is -0.478 e. The fraction of sp³-hybridized carbons (Fsp3) is 0.400. The third-order valence-electron chi connectivity index (χ3n) is 9.80. The maximum absolute atomic E-state index is 13.9. The molecule has 4 fully saturated rings. The molecule has 7 rings (SSSR count). The van der Waals surface area contributed by atoms with Crippen LogP contribution in [-0.4, -0.2) is 29.4 Å². The fourth-order valence-corrected chi connectivity index (χ4v) is 8.34. The molecule has 0 saturated heterocycles. The maximum Gasteiger partial charge on any atom is 0.335 e. The van der Waals surface area contributed by atoms with E-state index in [1.807, 2.05) is 12.1 Å². The molecule has 0 aliphatic heterocycles. The molecule has 4 aliphatic carbocycles. The fourth-order valence-electron chi connectivity index (χ4n) is 8.34. The molecule has 3 aromatic carbocycles. The van der Waals surface area contributed by atoms with Crippen molar-refractivity contribution >= 4 is 17.8 Å². The minimum atomic E-state index is -0.964. The largest absolute Gasteiger partial charge is 0.478 e. The third kappa shape index (κ3) is 5.52. The standard InChI is InChI=1S/C35H38N2O4/c38-31(39)29-13-11-24(12-14-29)22-37-33(41)35-20-25-17-26(21-35)19-34(18-25,23-35)32(40)36-16-15-30(27-7-3-1-4-8-27)28-9-5-2-6-10-28/h1-14,25-26,30H,15-23H2,(H,36,40)(H,37,41)(H,38,39). The zero-order valence-electron chi connectivity index (χ0n) is 23.4. The highest BCUT2D eigenvalue weighted by Crippen LogP contribution is 2.65. The van der Waals surface area contributed by atoms with Gasteiger partial charge in [-0.2, -0.15) is 0 Å². The highest BCUT2D eigenvalue weighted by atomic mass is 16.4. The molecule has 4 aliphatic rings. The third-order valence-corrected chi connectivity index (χ3v) is 9.80. The van der Waals surface area contributed by atoms with Gasteiger partial charge in [-0.1, -0.05) is 72.8 Å². The number of benzene rings is 3. The van der Waals surface area contributed by atoms with E-state index < -0.39 is 16.8 Å². The molecule has 0 aromatic heterocycles. The van der Waals surface area contributed by atoms with E-state index in [9.17, 15) is 14.4 Å². The summed E-state index contributed by atoms with van der Waals surface area (Å²) in [7, 11) is 0. The normalized spacial score (nSPS) is 26.1. The van der Waals surface area contributed by atoms with Crippen LogP contribution in [0.15, 0.2) is 84.9 Å². The zero-order valence-corrected chi connectivity index (χ0v) is 23.4. The Labute approximate surface area is 241 Å². The molecule has 41 heavy (non-hydrogen) atoms. The first-order valence-corrected chi connectivity index (χ1v) is 14.8. The van der Waals surface area contributed by atoms with Crippen molar-refractivity contribution in [2.45, 2.75) is 57.4 Å². The van der Waals surface area contributed by atoms with Crippen LogP contribution in [0.3, 0.4) is 0 Å². The smallest absolute Gasteiger partial charge is 0.335 e. The highest BCUT2D eigenvalue weighted by molar-refractivity contribution is 5.88. The van der Waals surface area contributed by atoms with Crippen LogP contribution >= 0.6 is 0 Å². The van der Waals surface area contributed by atoms with Gasteiger partial charge < -0.3 is 15.7 Å². The number of carbonyl (C=O) groups excluding carboxylic acids is 2. The SMILES string of the molecule is O=C(O)c1ccc(CNC(=O)C23CC4CC(CC(C(=O)NCCC(c5ccccc5)c5ccccc5)(C4)C2)C3)cc1. The van der Waals surface area contributed by atoms with Gasteiger partial charge in [-0.3, -0.25) is 9.59 Å². The van der Waals surface area contributed by atoms with Crippen molar-refractivity contribution in [1.82, 2.24) is 10.6 Å². The highest BCUT2D eigenvalue weighted by Gasteiger charge is 2.62. The van der Waals surface area contributed by atoms with Gasteiger partial charge in [0.15, 0.2) is 0 Å². The first kappa shape index (κ1) is 27.3. The van der Waals surface area contributed by atoms with Crippen molar-refractivity contribution in [3.8, 4) is 0 Å². The van der Waals surface area contributed by atoms with Gasteiger partial charge in [0, 0.05) is 19.0 Å². The number of nitrogens with one attached hydrogen (secondary N) is 2. The summed E-state index contributed by atoms with van der Waals surface area (Å²) < 4.78 is 0. The monoisotopic (exact) mass is 550 g/mol. The van der Waals surface area contributed by atoms with Gasteiger partial charge in [-0.05, 0) is 85.6 Å². The Balaban J connectivity index is 1.12. The molecule has 3 N–H and O–H groups in total. The van der Waals surface area contributed by atoms with Gasteiger partial charge in [0.2, 0.25) is 11.8 Å². The number of hydrogen-bond acceptors (Lipinski definition) is 3. The van der Waals surface area contributed by atoms with Crippen LogP contribution in [0.5, 0.6) is 0 Å². The van der Waals surface area contributed by atoms with Gasteiger partial charge in [0.05, 0.1) is 16.4 Å². The maximum atomic E-state index is 13.9. The van der Waals surface area contributed by atoms with Crippen molar-refractivity contribution in [3.63, 3.8) is 0 Å². The Kier molecular flexibility index (Phi) is 7.41. The predicted molar refractivity (Wildman–Crippen MR) is 157 cm³/mol. The van der Waals surface area contributed by atoms with Gasteiger partial charge >= 0.3 is 5.97 Å². The van der Waals surface area contributed by atoms with E-state index in [1.165, 1.54) is 11.1 Å². The van der Waals surface area contributed by atoms with Crippen molar-refractivity contribution in [2.24, 2.45) is 22.7 Å². The molecule has 0 radical (unpaired) electrons. The molecular weight excluding hydrogens is 512 g/mol. The molecule has 2 atom stereocenters. The first-order valence-electron chi connectivity index (χ1n) is 14.8. The summed E-state index contributed by atoms with van der Waals surface area (Å²) in [5, 5.41) is 15.6. The van der Waals surface area contributed by atoms with Gasteiger partial charge in [0.25, 0.3) is 0 Å². The molecule has 4 bridgehead atoms. The van der Waals surface area contributed by atoms with Crippen molar-refractivity contribution in [2.75, 3.05) is 6.54 Å². The van der Waals surface area contributed by atoms with Crippen LogP contribution < -0.4 is 10.6 Å². The first-order chi connectivity index (χ1) is 19.9. The van der Waals surface area contributed by atoms with E-state index in [0.29, 0.717) is 31.3 Å². The number of carboxylic acids is 1. The molecule has 212 valence electrons. The lowest BCUT2D eigenvalue weighted by atomic mass is 9.43. The van der Waals surface area contributed by atoms with Crippen LogP contribution in [0, 0.1) is 22.7 Å². The Morgan fingerprint density at radius 3 is 1.76 bits per heavy atom. The summed E-state index contributed by atoms with van der Waals surface area (Å²) >= 11 is 0. The van der Waals surface area contributed by atoms with E-state index in [4.69, 9.17) is 5.11 Å². The molecule has 0 heterocycles. The summed E-state index contributed by atoms with van der Waals surface area (Å²) in [6, 6.07) is 27.6. The average Bonchev–Trinajstić information content (AvgIpc) is 2.98. The van der Waals surface area contributed by atoms with E-state index in [0.717, 1.165) is 44.1 Å². The summed E-state index contributed by atoms with van der Waals surface area (Å²) in [5.41, 5.74) is 2.62. The zero-order chi connectivity index (χ0) is 28.5. The lowest BCUT2D eigenvalue weighted by Crippen LogP contribution is -2.61. The number of carbonyl (C=O) groups is 3. The van der Waals surface area contributed by atoms with Crippen LogP contribution in [0.1, 0.15) is 77.9 Å². The number of amides is 2. The predicted octanol–water partition coefficient (Wildman–Crippen LogP) is 5.93. The van der Waals surface area contributed by atoms with Gasteiger partial charge in [0.1, 0.15) is 0 Å². The van der Waals surface area contributed by atoms with Crippen molar-refractivity contribution in [3.05, 3.63) is 107 Å². The molecule has 6 heteroatoms. The van der Waals surface area contributed by atoms with Crippen LogP contribution in [0.25, 0.3) is 0 Å².